The van der Waals surface area contributed by atoms with Gasteiger partial charge in [-0.2, -0.15) is 0 Å². The number of rotatable bonds is 5. The minimum absolute atomic E-state index is 0.104. The Bertz CT molecular complexity index is 693. The largest absolute Gasteiger partial charge is 0.207 e. The quantitative estimate of drug-likeness (QED) is 0.380. The van der Waals surface area contributed by atoms with E-state index in [4.69, 9.17) is 0 Å². The van der Waals surface area contributed by atoms with E-state index in [1.165, 1.54) is 24.3 Å². The number of hydrogen-bond acceptors (Lipinski definition) is 2. The van der Waals surface area contributed by atoms with Crippen LogP contribution in [-0.4, -0.2) is 0 Å². The molecule has 0 radical (unpaired) electrons. The van der Waals surface area contributed by atoms with E-state index < -0.39 is 0 Å². The van der Waals surface area contributed by atoms with Gasteiger partial charge in [0.15, 0.2) is 0 Å². The highest BCUT2D eigenvalue weighted by atomic mass is 32.2. The zero-order valence-corrected chi connectivity index (χ0v) is 13.8. The Balaban J connectivity index is 1.84. The van der Waals surface area contributed by atoms with Gasteiger partial charge in [-0.1, -0.05) is 30.3 Å². The molecule has 0 N–H and O–H groups in total. The van der Waals surface area contributed by atoms with Crippen molar-refractivity contribution in [2.45, 2.75) is 14.4 Å². The van der Waals surface area contributed by atoms with Crippen LogP contribution in [0.4, 0.5) is 8.78 Å². The van der Waals surface area contributed by atoms with Gasteiger partial charge in [0.05, 0.1) is 4.58 Å². The fourth-order valence-corrected chi connectivity index (χ4v) is 4.57. The van der Waals surface area contributed by atoms with Gasteiger partial charge in [0.1, 0.15) is 11.6 Å². The van der Waals surface area contributed by atoms with E-state index in [0.29, 0.717) is 0 Å². The van der Waals surface area contributed by atoms with Gasteiger partial charge in [0.2, 0.25) is 0 Å². The van der Waals surface area contributed by atoms with Crippen molar-refractivity contribution < 1.29 is 8.78 Å². The molecule has 0 amide bonds. The molecule has 3 aromatic carbocycles. The third kappa shape index (κ3) is 4.60. The fourth-order valence-electron chi connectivity index (χ4n) is 2.04. The maximum atomic E-state index is 13.1. The van der Waals surface area contributed by atoms with E-state index in [1.807, 2.05) is 18.2 Å². The standard InChI is InChI=1S/C19H14F2S2/c20-15-6-10-17(11-7-15)22-19(14-4-2-1-3-5-14)23-18-12-8-16(21)9-13-18/h1-13,19H. The third-order valence-corrected chi connectivity index (χ3v) is 5.82. The van der Waals surface area contributed by atoms with Gasteiger partial charge in [0.25, 0.3) is 0 Å². The van der Waals surface area contributed by atoms with Gasteiger partial charge in [-0.3, -0.25) is 0 Å². The Labute approximate surface area is 142 Å². The molecule has 0 aliphatic heterocycles. The lowest BCUT2D eigenvalue weighted by Crippen LogP contribution is -1.90. The molecule has 3 rings (SSSR count). The summed E-state index contributed by atoms with van der Waals surface area (Å²) in [6.07, 6.45) is 0. The maximum Gasteiger partial charge on any atom is 0.123 e. The van der Waals surface area contributed by atoms with Gasteiger partial charge in [0, 0.05) is 9.79 Å². The molecule has 23 heavy (non-hydrogen) atoms. The van der Waals surface area contributed by atoms with Crippen LogP contribution in [0.2, 0.25) is 0 Å². The lowest BCUT2D eigenvalue weighted by molar-refractivity contribution is 0.626. The Morgan fingerprint density at radius 2 is 1.00 bits per heavy atom. The highest BCUT2D eigenvalue weighted by molar-refractivity contribution is 8.16. The molecule has 116 valence electrons. The minimum Gasteiger partial charge on any atom is -0.207 e. The number of hydrogen-bond donors (Lipinski definition) is 0. The van der Waals surface area contributed by atoms with Gasteiger partial charge in [-0.05, 0) is 54.1 Å². The molecule has 0 heterocycles. The Morgan fingerprint density at radius 1 is 0.565 bits per heavy atom. The first-order valence-electron chi connectivity index (χ1n) is 7.10. The van der Waals surface area contributed by atoms with Crippen LogP contribution >= 0.6 is 23.5 Å². The molecule has 0 unspecified atom stereocenters. The molecular formula is C19H14F2S2. The molecule has 0 nitrogen and oxygen atoms in total. The summed E-state index contributed by atoms with van der Waals surface area (Å²) in [6.45, 7) is 0. The molecule has 0 saturated carbocycles. The van der Waals surface area contributed by atoms with Crippen LogP contribution in [0.1, 0.15) is 10.1 Å². The van der Waals surface area contributed by atoms with Crippen LogP contribution in [0.25, 0.3) is 0 Å². The molecule has 3 aromatic rings. The van der Waals surface area contributed by atoms with Crippen LogP contribution < -0.4 is 0 Å². The molecule has 0 bridgehead atoms. The highest BCUT2D eigenvalue weighted by Crippen LogP contribution is 2.46. The lowest BCUT2D eigenvalue weighted by Gasteiger charge is -2.17. The second-order valence-corrected chi connectivity index (χ2v) is 7.54. The monoisotopic (exact) mass is 344 g/mol. The first-order chi connectivity index (χ1) is 11.2. The molecule has 4 heteroatoms. The van der Waals surface area contributed by atoms with Crippen molar-refractivity contribution in [3.05, 3.63) is 96.1 Å². The Kier molecular flexibility index (Phi) is 5.36. The fraction of sp³-hybridized carbons (Fsp3) is 0.0526. The molecule has 0 aliphatic carbocycles. The lowest BCUT2D eigenvalue weighted by atomic mass is 10.2. The normalized spacial score (nSPS) is 10.9. The van der Waals surface area contributed by atoms with Crippen LogP contribution in [0.5, 0.6) is 0 Å². The van der Waals surface area contributed by atoms with Crippen molar-refractivity contribution in [2.75, 3.05) is 0 Å². The van der Waals surface area contributed by atoms with E-state index >= 15 is 0 Å². The summed E-state index contributed by atoms with van der Waals surface area (Å²) >= 11 is 3.30. The second-order valence-electron chi connectivity index (χ2n) is 4.89. The van der Waals surface area contributed by atoms with E-state index in [1.54, 1.807) is 47.8 Å². The highest BCUT2D eigenvalue weighted by Gasteiger charge is 2.15. The Morgan fingerprint density at radius 3 is 1.43 bits per heavy atom. The van der Waals surface area contributed by atoms with E-state index in [-0.39, 0.29) is 16.2 Å². The molecule has 0 aromatic heterocycles. The summed E-state index contributed by atoms with van der Waals surface area (Å²) in [4.78, 5) is 1.99. The topological polar surface area (TPSA) is 0 Å². The van der Waals surface area contributed by atoms with Crippen LogP contribution in [-0.2, 0) is 0 Å². The van der Waals surface area contributed by atoms with Gasteiger partial charge >= 0.3 is 0 Å². The predicted molar refractivity (Wildman–Crippen MR) is 93.7 cm³/mol. The van der Waals surface area contributed by atoms with Crippen molar-refractivity contribution in [2.24, 2.45) is 0 Å². The molecule has 0 spiro atoms. The van der Waals surface area contributed by atoms with Crippen molar-refractivity contribution >= 4 is 23.5 Å². The summed E-state index contributed by atoms with van der Waals surface area (Å²) in [7, 11) is 0. The van der Waals surface area contributed by atoms with Crippen molar-refractivity contribution in [1.29, 1.82) is 0 Å². The number of benzene rings is 3. The smallest absolute Gasteiger partial charge is 0.123 e. The first kappa shape index (κ1) is 16.1. The summed E-state index contributed by atoms with van der Waals surface area (Å²) in [5, 5.41) is 0. The van der Waals surface area contributed by atoms with Crippen LogP contribution in [0.3, 0.4) is 0 Å². The summed E-state index contributed by atoms with van der Waals surface area (Å²) < 4.78 is 26.3. The summed E-state index contributed by atoms with van der Waals surface area (Å²) in [5.74, 6) is -0.478. The zero-order chi connectivity index (χ0) is 16.1. The number of thioether (sulfide) groups is 2. The predicted octanol–water partition coefficient (Wildman–Crippen LogP) is 6.55. The zero-order valence-electron chi connectivity index (χ0n) is 12.2. The molecular weight excluding hydrogens is 330 g/mol. The first-order valence-corrected chi connectivity index (χ1v) is 8.86. The van der Waals surface area contributed by atoms with Gasteiger partial charge in [-0.25, -0.2) is 8.78 Å². The summed E-state index contributed by atoms with van der Waals surface area (Å²) in [5.41, 5.74) is 1.16. The summed E-state index contributed by atoms with van der Waals surface area (Å²) in [6, 6.07) is 23.1. The minimum atomic E-state index is -0.239. The third-order valence-electron chi connectivity index (χ3n) is 3.19. The van der Waals surface area contributed by atoms with E-state index in [0.717, 1.165) is 15.4 Å². The SMILES string of the molecule is Fc1ccc(SC(Sc2ccc(F)cc2)c2ccccc2)cc1. The average Bonchev–Trinajstić information content (AvgIpc) is 2.59. The van der Waals surface area contributed by atoms with Crippen LogP contribution in [0.15, 0.2) is 88.7 Å². The second kappa shape index (κ2) is 7.66. The Hall–Kier alpha value is -1.78. The van der Waals surface area contributed by atoms with E-state index in [2.05, 4.69) is 12.1 Å². The van der Waals surface area contributed by atoms with Gasteiger partial charge in [-0.15, -0.1) is 23.5 Å². The van der Waals surface area contributed by atoms with Crippen molar-refractivity contribution in [3.63, 3.8) is 0 Å². The molecule has 0 aliphatic rings. The molecule has 0 fully saturated rings. The number of halogens is 2. The average molecular weight is 344 g/mol. The van der Waals surface area contributed by atoms with E-state index in [9.17, 15) is 8.78 Å². The van der Waals surface area contributed by atoms with Crippen molar-refractivity contribution in [1.82, 2.24) is 0 Å². The van der Waals surface area contributed by atoms with Crippen LogP contribution in [0, 0.1) is 11.6 Å². The maximum absolute atomic E-state index is 13.1. The molecule has 0 atom stereocenters. The van der Waals surface area contributed by atoms with Crippen molar-refractivity contribution in [3.8, 4) is 0 Å². The van der Waals surface area contributed by atoms with Gasteiger partial charge < -0.3 is 0 Å². The molecule has 0 saturated heterocycles.